The highest BCUT2D eigenvalue weighted by Crippen LogP contribution is 2.24. The molecule has 2 aromatic rings. The first-order valence-electron chi connectivity index (χ1n) is 5.74. The van der Waals surface area contributed by atoms with Crippen LogP contribution in [0.5, 0.6) is 0 Å². The lowest BCUT2D eigenvalue weighted by atomic mass is 10.2. The van der Waals surface area contributed by atoms with E-state index in [1.54, 1.807) is 6.07 Å². The van der Waals surface area contributed by atoms with Gasteiger partial charge < -0.3 is 5.11 Å². The predicted molar refractivity (Wildman–Crippen MR) is 82.6 cm³/mol. The van der Waals surface area contributed by atoms with E-state index in [0.717, 1.165) is 0 Å². The van der Waals surface area contributed by atoms with Gasteiger partial charge in [0.25, 0.3) is 0 Å². The van der Waals surface area contributed by atoms with Gasteiger partial charge in [0.2, 0.25) is 0 Å². The van der Waals surface area contributed by atoms with Gasteiger partial charge in [-0.05, 0) is 40.2 Å². The van der Waals surface area contributed by atoms with Crippen LogP contribution in [-0.2, 0) is 16.6 Å². The fourth-order valence-corrected chi connectivity index (χ4v) is 3.45. The summed E-state index contributed by atoms with van der Waals surface area (Å²) in [5.74, 6) is -1.81. The fraction of sp³-hybridized carbons (Fsp3) is 0.0714. The maximum Gasteiger partial charge on any atom is 0.336 e. The van der Waals surface area contributed by atoms with Crippen LogP contribution in [0.3, 0.4) is 0 Å². The Kier molecular flexibility index (Phi) is 5.13. The molecule has 7 heteroatoms. The molecule has 0 aliphatic carbocycles. The highest BCUT2D eigenvalue weighted by atomic mass is 79.9. The molecule has 21 heavy (non-hydrogen) atoms. The Labute approximate surface area is 136 Å². The van der Waals surface area contributed by atoms with Crippen LogP contribution >= 0.6 is 27.5 Å². The summed E-state index contributed by atoms with van der Waals surface area (Å²) in [5.41, 5.74) is 0.230. The second-order valence-corrected chi connectivity index (χ2v) is 6.86. The number of hydrogen-bond acceptors (Lipinski definition) is 2. The minimum Gasteiger partial charge on any atom is -0.478 e. The summed E-state index contributed by atoms with van der Waals surface area (Å²) in [7, 11) is -1.57. The van der Waals surface area contributed by atoms with Crippen LogP contribution in [0.1, 0.15) is 15.9 Å². The molecule has 3 nitrogen and oxygen atoms in total. The summed E-state index contributed by atoms with van der Waals surface area (Å²) in [5, 5.41) is 9.00. The van der Waals surface area contributed by atoms with Crippen LogP contribution in [0.15, 0.2) is 45.8 Å². The van der Waals surface area contributed by atoms with Gasteiger partial charge in [-0.2, -0.15) is 0 Å². The topological polar surface area (TPSA) is 54.4 Å². The Balaban J connectivity index is 2.31. The Hall–Kier alpha value is -1.24. The highest BCUT2D eigenvalue weighted by molar-refractivity contribution is 9.10. The van der Waals surface area contributed by atoms with Gasteiger partial charge in [0, 0.05) is 14.9 Å². The molecular weight excluding hydrogens is 383 g/mol. The van der Waals surface area contributed by atoms with Gasteiger partial charge in [-0.3, -0.25) is 4.21 Å². The maximum absolute atomic E-state index is 13.8. The van der Waals surface area contributed by atoms with Crippen molar-refractivity contribution in [1.29, 1.82) is 0 Å². The summed E-state index contributed by atoms with van der Waals surface area (Å²) >= 11 is 8.78. The number of carbonyl (C=O) groups is 1. The van der Waals surface area contributed by atoms with Crippen molar-refractivity contribution in [2.45, 2.75) is 10.6 Å². The molecular formula is C14H9BrClFO3S. The third-order valence-electron chi connectivity index (χ3n) is 2.75. The monoisotopic (exact) mass is 390 g/mol. The maximum atomic E-state index is 13.8. The number of halogens is 3. The van der Waals surface area contributed by atoms with Crippen molar-refractivity contribution in [1.82, 2.24) is 0 Å². The van der Waals surface area contributed by atoms with E-state index in [-0.39, 0.29) is 21.9 Å². The van der Waals surface area contributed by atoms with E-state index < -0.39 is 22.6 Å². The first kappa shape index (κ1) is 16.1. The Morgan fingerprint density at radius 3 is 2.71 bits per heavy atom. The van der Waals surface area contributed by atoms with Gasteiger partial charge in [-0.15, -0.1) is 0 Å². The van der Waals surface area contributed by atoms with E-state index in [1.165, 1.54) is 30.3 Å². The minimum absolute atomic E-state index is 0.00687. The summed E-state index contributed by atoms with van der Waals surface area (Å²) in [6.45, 7) is 0. The molecule has 1 atom stereocenters. The average molecular weight is 392 g/mol. The summed E-state index contributed by atoms with van der Waals surface area (Å²) < 4.78 is 26.4. The summed E-state index contributed by atoms with van der Waals surface area (Å²) in [6.07, 6.45) is 0. The Morgan fingerprint density at radius 2 is 2.05 bits per heavy atom. The first-order valence-corrected chi connectivity index (χ1v) is 8.23. The number of benzene rings is 2. The van der Waals surface area contributed by atoms with E-state index in [2.05, 4.69) is 15.9 Å². The molecule has 2 aromatic carbocycles. The van der Waals surface area contributed by atoms with Gasteiger partial charge in [0.15, 0.2) is 0 Å². The second kappa shape index (κ2) is 6.68. The SMILES string of the molecule is O=C(O)c1cc(S(=O)Cc2cccc(Cl)c2F)ccc1Br. The molecule has 0 bridgehead atoms. The molecule has 0 fully saturated rings. The second-order valence-electron chi connectivity index (χ2n) is 4.15. The smallest absolute Gasteiger partial charge is 0.336 e. The van der Waals surface area contributed by atoms with E-state index >= 15 is 0 Å². The van der Waals surface area contributed by atoms with Crippen molar-refractivity contribution in [2.75, 3.05) is 0 Å². The summed E-state index contributed by atoms with van der Waals surface area (Å²) in [6, 6.07) is 8.83. The third-order valence-corrected chi connectivity index (χ3v) is 5.09. The third kappa shape index (κ3) is 3.70. The normalized spacial score (nSPS) is 12.1. The standard InChI is InChI=1S/C14H9BrClFO3S/c15-11-5-4-9(6-10(11)14(18)19)21(20)7-8-2-1-3-12(16)13(8)17/h1-6H,7H2,(H,18,19). The molecule has 1 N–H and O–H groups in total. The van der Waals surface area contributed by atoms with Gasteiger partial charge in [0.1, 0.15) is 5.82 Å². The van der Waals surface area contributed by atoms with Crippen LogP contribution in [0.2, 0.25) is 5.02 Å². The van der Waals surface area contributed by atoms with Crippen molar-refractivity contribution in [3.05, 3.63) is 62.8 Å². The molecule has 0 spiro atoms. The van der Waals surface area contributed by atoms with Gasteiger partial charge >= 0.3 is 5.97 Å². The molecule has 0 aromatic heterocycles. The first-order chi connectivity index (χ1) is 9.90. The molecule has 0 heterocycles. The lowest BCUT2D eigenvalue weighted by molar-refractivity contribution is 0.0695. The van der Waals surface area contributed by atoms with Gasteiger partial charge in [-0.1, -0.05) is 23.7 Å². The van der Waals surface area contributed by atoms with E-state index in [9.17, 15) is 13.4 Å². The Morgan fingerprint density at radius 1 is 1.33 bits per heavy atom. The van der Waals surface area contributed by atoms with Crippen molar-refractivity contribution in [3.8, 4) is 0 Å². The van der Waals surface area contributed by atoms with Crippen LogP contribution in [0, 0.1) is 5.82 Å². The molecule has 1 unspecified atom stereocenters. The van der Waals surface area contributed by atoms with Crippen LogP contribution < -0.4 is 0 Å². The Bertz CT molecular complexity index is 736. The summed E-state index contributed by atoms with van der Waals surface area (Å²) in [4.78, 5) is 11.4. The fourth-order valence-electron chi connectivity index (χ4n) is 1.69. The number of rotatable bonds is 4. The van der Waals surface area contributed by atoms with Gasteiger partial charge in [0.05, 0.1) is 27.1 Å². The van der Waals surface area contributed by atoms with Crippen molar-refractivity contribution >= 4 is 44.3 Å². The molecule has 0 saturated carbocycles. The van der Waals surface area contributed by atoms with Crippen LogP contribution in [-0.4, -0.2) is 15.3 Å². The quantitative estimate of drug-likeness (QED) is 0.848. The number of aromatic carboxylic acids is 1. The molecule has 0 radical (unpaired) electrons. The number of carboxylic acid groups (broad SMARTS) is 1. The molecule has 0 aliphatic rings. The largest absolute Gasteiger partial charge is 0.478 e. The molecule has 0 aliphatic heterocycles. The number of carboxylic acids is 1. The zero-order valence-electron chi connectivity index (χ0n) is 10.5. The van der Waals surface area contributed by atoms with E-state index in [1.807, 2.05) is 0 Å². The highest BCUT2D eigenvalue weighted by Gasteiger charge is 2.15. The average Bonchev–Trinajstić information content (AvgIpc) is 2.44. The zero-order chi connectivity index (χ0) is 15.6. The van der Waals surface area contributed by atoms with E-state index in [4.69, 9.17) is 16.7 Å². The minimum atomic E-state index is -1.57. The number of hydrogen-bond donors (Lipinski definition) is 1. The van der Waals surface area contributed by atoms with Gasteiger partial charge in [-0.25, -0.2) is 9.18 Å². The predicted octanol–water partition coefficient (Wildman–Crippen LogP) is 4.25. The lowest BCUT2D eigenvalue weighted by Crippen LogP contribution is -2.03. The van der Waals surface area contributed by atoms with Crippen molar-refractivity contribution in [2.24, 2.45) is 0 Å². The van der Waals surface area contributed by atoms with Crippen LogP contribution in [0.4, 0.5) is 4.39 Å². The molecule has 0 amide bonds. The molecule has 110 valence electrons. The zero-order valence-corrected chi connectivity index (χ0v) is 13.6. The molecule has 2 rings (SSSR count). The van der Waals surface area contributed by atoms with E-state index in [0.29, 0.717) is 9.37 Å². The van der Waals surface area contributed by atoms with Crippen molar-refractivity contribution in [3.63, 3.8) is 0 Å². The lowest BCUT2D eigenvalue weighted by Gasteiger charge is -2.07. The van der Waals surface area contributed by atoms with Crippen molar-refractivity contribution < 1.29 is 18.5 Å². The molecule has 0 saturated heterocycles. The van der Waals surface area contributed by atoms with Crippen LogP contribution in [0.25, 0.3) is 0 Å².